The third-order valence-corrected chi connectivity index (χ3v) is 3.52. The first-order valence-electron chi connectivity index (χ1n) is 6.13. The van der Waals surface area contributed by atoms with Gasteiger partial charge >= 0.3 is 5.97 Å². The van der Waals surface area contributed by atoms with Crippen molar-refractivity contribution in [3.63, 3.8) is 0 Å². The minimum absolute atomic E-state index is 0.215. The number of ether oxygens (including phenoxy) is 2. The average molecular weight is 348 g/mol. The molecule has 0 aromatic heterocycles. The number of benzene rings is 2. The van der Waals surface area contributed by atoms with E-state index in [1.165, 1.54) is 6.21 Å². The summed E-state index contributed by atoms with van der Waals surface area (Å²) in [6.07, 6.45) is 1.44. The van der Waals surface area contributed by atoms with Crippen molar-refractivity contribution in [2.75, 3.05) is 6.79 Å². The molecular weight excluding hydrogens is 338 g/mol. The molecule has 0 amide bonds. The monoisotopic (exact) mass is 347 g/mol. The van der Waals surface area contributed by atoms with Crippen molar-refractivity contribution in [1.29, 1.82) is 0 Å². The normalized spacial score (nSPS) is 12.6. The molecule has 2 aromatic carbocycles. The van der Waals surface area contributed by atoms with Crippen LogP contribution in [-0.2, 0) is 4.84 Å². The molecule has 1 aliphatic heterocycles. The number of halogens is 1. The van der Waals surface area contributed by atoms with E-state index in [-0.39, 0.29) is 6.79 Å². The van der Waals surface area contributed by atoms with Gasteiger partial charge in [0.1, 0.15) is 0 Å². The second-order valence-electron chi connectivity index (χ2n) is 4.21. The number of carbonyl (C=O) groups is 1. The Morgan fingerprint density at radius 3 is 2.86 bits per heavy atom. The number of carbonyl (C=O) groups excluding carboxylic acids is 1. The Hall–Kier alpha value is -2.34. The average Bonchev–Trinajstić information content (AvgIpc) is 2.95. The van der Waals surface area contributed by atoms with Gasteiger partial charge in [-0.15, -0.1) is 0 Å². The zero-order valence-corrected chi connectivity index (χ0v) is 12.4. The van der Waals surface area contributed by atoms with Crippen LogP contribution in [0.5, 0.6) is 11.5 Å². The third-order valence-electron chi connectivity index (χ3n) is 2.83. The molecule has 2 aromatic rings. The zero-order valence-electron chi connectivity index (χ0n) is 10.8. The highest BCUT2D eigenvalue weighted by Gasteiger charge is 2.13. The Morgan fingerprint density at radius 1 is 1.19 bits per heavy atom. The molecule has 1 heterocycles. The standard InChI is InChI=1S/C15H10BrNO4/c16-12-4-2-1-3-11(12)15(18)21-17-8-10-5-6-13-14(7-10)20-9-19-13/h1-8H,9H2/b17-8+. The molecule has 5 nitrogen and oxygen atoms in total. The smallest absolute Gasteiger partial charge is 0.366 e. The van der Waals surface area contributed by atoms with Crippen molar-refractivity contribution in [3.05, 3.63) is 58.1 Å². The quantitative estimate of drug-likeness (QED) is 0.485. The molecule has 3 rings (SSSR count). The molecule has 106 valence electrons. The van der Waals surface area contributed by atoms with Crippen LogP contribution in [0.25, 0.3) is 0 Å². The van der Waals surface area contributed by atoms with Crippen molar-refractivity contribution >= 4 is 28.1 Å². The molecule has 0 fully saturated rings. The summed E-state index contributed by atoms with van der Waals surface area (Å²) in [5, 5.41) is 3.69. The number of oxime groups is 1. The Balaban J connectivity index is 1.67. The summed E-state index contributed by atoms with van der Waals surface area (Å²) < 4.78 is 11.1. The fraction of sp³-hybridized carbons (Fsp3) is 0.0667. The van der Waals surface area contributed by atoms with Gasteiger partial charge in [0.05, 0.1) is 11.8 Å². The minimum Gasteiger partial charge on any atom is -0.454 e. The molecule has 0 unspecified atom stereocenters. The first kappa shape index (κ1) is 13.6. The highest BCUT2D eigenvalue weighted by atomic mass is 79.9. The summed E-state index contributed by atoms with van der Waals surface area (Å²) in [5.74, 6) is 0.813. The Labute approximate surface area is 129 Å². The van der Waals surface area contributed by atoms with Crippen LogP contribution < -0.4 is 9.47 Å². The number of fused-ring (bicyclic) bond motifs is 1. The van der Waals surface area contributed by atoms with Gasteiger partial charge in [0.25, 0.3) is 0 Å². The molecule has 0 spiro atoms. The minimum atomic E-state index is -0.528. The van der Waals surface area contributed by atoms with Gasteiger partial charge in [0.15, 0.2) is 11.5 Å². The van der Waals surface area contributed by atoms with E-state index in [1.54, 1.807) is 36.4 Å². The summed E-state index contributed by atoms with van der Waals surface area (Å²) >= 11 is 3.28. The maximum absolute atomic E-state index is 11.8. The van der Waals surface area contributed by atoms with E-state index in [4.69, 9.17) is 14.3 Å². The molecule has 0 saturated heterocycles. The Kier molecular flexibility index (Phi) is 3.87. The molecule has 6 heteroatoms. The van der Waals surface area contributed by atoms with Crippen LogP contribution in [0.1, 0.15) is 15.9 Å². The molecule has 0 atom stereocenters. The number of rotatable bonds is 3. The molecule has 0 saturated carbocycles. The zero-order chi connectivity index (χ0) is 14.7. The topological polar surface area (TPSA) is 57.1 Å². The van der Waals surface area contributed by atoms with Crippen molar-refractivity contribution < 1.29 is 19.1 Å². The second-order valence-corrected chi connectivity index (χ2v) is 5.06. The van der Waals surface area contributed by atoms with Gasteiger partial charge in [-0.25, -0.2) is 4.79 Å². The van der Waals surface area contributed by atoms with Crippen LogP contribution in [0, 0.1) is 0 Å². The van der Waals surface area contributed by atoms with Gasteiger partial charge < -0.3 is 14.3 Å². The molecule has 0 aliphatic carbocycles. The third kappa shape index (κ3) is 3.05. The molecule has 0 N–H and O–H groups in total. The van der Waals surface area contributed by atoms with Crippen LogP contribution >= 0.6 is 15.9 Å². The SMILES string of the molecule is O=C(O/N=C/c1ccc2c(c1)OCO2)c1ccccc1Br. The summed E-state index contributed by atoms with van der Waals surface area (Å²) in [5.41, 5.74) is 1.17. The van der Waals surface area contributed by atoms with Crippen LogP contribution in [-0.4, -0.2) is 19.0 Å². The molecule has 0 radical (unpaired) electrons. The van der Waals surface area contributed by atoms with Crippen molar-refractivity contribution in [1.82, 2.24) is 0 Å². The van der Waals surface area contributed by atoms with E-state index in [0.29, 0.717) is 21.5 Å². The molecule has 1 aliphatic rings. The lowest BCUT2D eigenvalue weighted by atomic mass is 10.2. The van der Waals surface area contributed by atoms with Crippen LogP contribution in [0.3, 0.4) is 0 Å². The molecule has 21 heavy (non-hydrogen) atoms. The van der Waals surface area contributed by atoms with E-state index in [9.17, 15) is 4.79 Å². The fourth-order valence-electron chi connectivity index (χ4n) is 1.80. The van der Waals surface area contributed by atoms with Gasteiger partial charge in [0.2, 0.25) is 6.79 Å². The summed E-state index contributed by atoms with van der Waals surface area (Å²) in [6, 6.07) is 12.3. The Bertz CT molecular complexity index is 715. The van der Waals surface area contributed by atoms with Crippen molar-refractivity contribution in [3.8, 4) is 11.5 Å². The summed E-state index contributed by atoms with van der Waals surface area (Å²) in [4.78, 5) is 16.7. The van der Waals surface area contributed by atoms with E-state index >= 15 is 0 Å². The van der Waals surface area contributed by atoms with Crippen molar-refractivity contribution in [2.45, 2.75) is 0 Å². The summed E-state index contributed by atoms with van der Waals surface area (Å²) in [6.45, 7) is 0.215. The maximum Gasteiger partial charge on any atom is 0.366 e. The van der Waals surface area contributed by atoms with Crippen LogP contribution in [0.4, 0.5) is 0 Å². The highest BCUT2D eigenvalue weighted by Crippen LogP contribution is 2.32. The van der Waals surface area contributed by atoms with Gasteiger partial charge in [-0.2, -0.15) is 0 Å². The van der Waals surface area contributed by atoms with Crippen LogP contribution in [0.15, 0.2) is 52.1 Å². The highest BCUT2D eigenvalue weighted by molar-refractivity contribution is 9.10. The fourth-order valence-corrected chi connectivity index (χ4v) is 2.25. The van der Waals surface area contributed by atoms with E-state index in [2.05, 4.69) is 21.1 Å². The predicted octanol–water partition coefficient (Wildman–Crippen LogP) is 3.37. The predicted molar refractivity (Wildman–Crippen MR) is 79.7 cm³/mol. The van der Waals surface area contributed by atoms with Gasteiger partial charge in [-0.3, -0.25) is 0 Å². The van der Waals surface area contributed by atoms with E-state index < -0.39 is 5.97 Å². The first-order valence-corrected chi connectivity index (χ1v) is 6.92. The second kappa shape index (κ2) is 5.97. The Morgan fingerprint density at radius 2 is 2.00 bits per heavy atom. The van der Waals surface area contributed by atoms with Gasteiger partial charge in [0, 0.05) is 10.0 Å². The molecule has 0 bridgehead atoms. The number of nitrogens with zero attached hydrogens (tertiary/aromatic N) is 1. The van der Waals surface area contributed by atoms with Crippen molar-refractivity contribution in [2.24, 2.45) is 5.16 Å². The largest absolute Gasteiger partial charge is 0.454 e. The number of hydrogen-bond acceptors (Lipinski definition) is 5. The van der Waals surface area contributed by atoms with Gasteiger partial charge in [-0.05, 0) is 46.3 Å². The lowest BCUT2D eigenvalue weighted by Gasteiger charge is -2.00. The first-order chi connectivity index (χ1) is 10.2. The van der Waals surface area contributed by atoms with Gasteiger partial charge in [-0.1, -0.05) is 17.3 Å². The van der Waals surface area contributed by atoms with E-state index in [1.807, 2.05) is 6.07 Å². The van der Waals surface area contributed by atoms with E-state index in [0.717, 1.165) is 5.56 Å². The lowest BCUT2D eigenvalue weighted by molar-refractivity contribution is 0.0518. The number of hydrogen-bond donors (Lipinski definition) is 0. The molecular formula is C15H10BrNO4. The lowest BCUT2D eigenvalue weighted by Crippen LogP contribution is -2.01. The summed E-state index contributed by atoms with van der Waals surface area (Å²) in [7, 11) is 0. The van der Waals surface area contributed by atoms with Crippen LogP contribution in [0.2, 0.25) is 0 Å². The maximum atomic E-state index is 11.8.